The lowest BCUT2D eigenvalue weighted by Gasteiger charge is -2.23. The first kappa shape index (κ1) is 16.8. The standard InChI is InChI=1S/C16H22N4O3/c1-16(2,3)23-15(21)18-13(14-10-17-20-19-14)9-11-5-7-12(22-4)8-6-11/h5-8,10,13H,9H2,1-4H3,(H,18,21)(H,17,19,20). The molecule has 0 aliphatic carbocycles. The van der Waals surface area contributed by atoms with E-state index in [0.717, 1.165) is 11.3 Å². The number of hydrogen-bond acceptors (Lipinski definition) is 5. The lowest BCUT2D eigenvalue weighted by Crippen LogP contribution is -2.36. The first-order valence-electron chi connectivity index (χ1n) is 7.35. The van der Waals surface area contributed by atoms with E-state index in [2.05, 4.69) is 20.7 Å². The van der Waals surface area contributed by atoms with Gasteiger partial charge in [-0.05, 0) is 44.9 Å². The molecule has 0 saturated carbocycles. The normalized spacial score (nSPS) is 12.5. The summed E-state index contributed by atoms with van der Waals surface area (Å²) in [7, 11) is 1.62. The molecule has 2 aromatic rings. The molecule has 7 heteroatoms. The highest BCUT2D eigenvalue weighted by Gasteiger charge is 2.22. The molecule has 0 spiro atoms. The van der Waals surface area contributed by atoms with Gasteiger partial charge in [0.25, 0.3) is 0 Å². The summed E-state index contributed by atoms with van der Waals surface area (Å²) in [6.45, 7) is 5.46. The number of amides is 1. The molecular weight excluding hydrogens is 296 g/mol. The van der Waals surface area contributed by atoms with Gasteiger partial charge in [-0.15, -0.1) is 0 Å². The van der Waals surface area contributed by atoms with Gasteiger partial charge in [0.15, 0.2) is 0 Å². The van der Waals surface area contributed by atoms with E-state index in [4.69, 9.17) is 9.47 Å². The van der Waals surface area contributed by atoms with Gasteiger partial charge in [-0.2, -0.15) is 15.4 Å². The van der Waals surface area contributed by atoms with Crippen LogP contribution in [0.25, 0.3) is 0 Å². The zero-order chi connectivity index (χ0) is 16.9. The Morgan fingerprint density at radius 2 is 2.00 bits per heavy atom. The molecule has 0 saturated heterocycles. The largest absolute Gasteiger partial charge is 0.497 e. The third-order valence-corrected chi connectivity index (χ3v) is 3.08. The van der Waals surface area contributed by atoms with Crippen LogP contribution in [0.4, 0.5) is 4.79 Å². The van der Waals surface area contributed by atoms with Gasteiger partial charge < -0.3 is 14.8 Å². The molecule has 2 N–H and O–H groups in total. The van der Waals surface area contributed by atoms with Crippen LogP contribution < -0.4 is 10.1 Å². The van der Waals surface area contributed by atoms with Crippen LogP contribution in [0.1, 0.15) is 38.1 Å². The van der Waals surface area contributed by atoms with E-state index in [-0.39, 0.29) is 6.04 Å². The number of H-pyrrole nitrogens is 1. The molecule has 2 rings (SSSR count). The second kappa shape index (κ2) is 7.13. The van der Waals surface area contributed by atoms with Crippen molar-refractivity contribution in [1.29, 1.82) is 0 Å². The number of aromatic amines is 1. The third-order valence-electron chi connectivity index (χ3n) is 3.08. The highest BCUT2D eigenvalue weighted by Crippen LogP contribution is 2.19. The number of carbonyl (C=O) groups excluding carboxylic acids is 1. The van der Waals surface area contributed by atoms with Crippen LogP contribution >= 0.6 is 0 Å². The molecule has 1 aromatic carbocycles. The van der Waals surface area contributed by atoms with Crippen molar-refractivity contribution in [2.24, 2.45) is 0 Å². The summed E-state index contributed by atoms with van der Waals surface area (Å²) in [5.41, 5.74) is 1.13. The van der Waals surface area contributed by atoms with Crippen molar-refractivity contribution in [2.75, 3.05) is 7.11 Å². The summed E-state index contributed by atoms with van der Waals surface area (Å²) in [6.07, 6.45) is 1.67. The molecule has 7 nitrogen and oxygen atoms in total. The zero-order valence-corrected chi connectivity index (χ0v) is 13.8. The lowest BCUT2D eigenvalue weighted by atomic mass is 10.0. The van der Waals surface area contributed by atoms with E-state index < -0.39 is 11.7 Å². The van der Waals surface area contributed by atoms with E-state index in [1.54, 1.807) is 13.3 Å². The van der Waals surface area contributed by atoms with Crippen LogP contribution in [-0.2, 0) is 11.2 Å². The summed E-state index contributed by atoms with van der Waals surface area (Å²) in [5, 5.41) is 13.3. The van der Waals surface area contributed by atoms with Gasteiger partial charge in [-0.25, -0.2) is 4.79 Å². The maximum atomic E-state index is 12.0. The van der Waals surface area contributed by atoms with E-state index in [1.165, 1.54) is 0 Å². The molecule has 1 unspecified atom stereocenters. The Kier molecular flexibility index (Phi) is 5.20. The molecule has 0 bridgehead atoms. The number of hydrogen-bond donors (Lipinski definition) is 2. The number of benzene rings is 1. The summed E-state index contributed by atoms with van der Waals surface area (Å²) in [6, 6.07) is 7.31. The number of methoxy groups -OCH3 is 1. The van der Waals surface area contributed by atoms with Crippen molar-refractivity contribution in [3.05, 3.63) is 41.7 Å². The minimum absolute atomic E-state index is 0.336. The summed E-state index contributed by atoms with van der Waals surface area (Å²) >= 11 is 0. The minimum atomic E-state index is -0.557. The molecule has 0 aliphatic rings. The fourth-order valence-corrected chi connectivity index (χ4v) is 2.06. The number of nitrogens with zero attached hydrogens (tertiary/aromatic N) is 2. The Morgan fingerprint density at radius 3 is 2.52 bits per heavy atom. The highest BCUT2D eigenvalue weighted by atomic mass is 16.6. The fourth-order valence-electron chi connectivity index (χ4n) is 2.06. The molecule has 1 atom stereocenters. The van der Waals surface area contributed by atoms with Crippen LogP contribution in [0.2, 0.25) is 0 Å². The van der Waals surface area contributed by atoms with E-state index >= 15 is 0 Å². The molecule has 0 fully saturated rings. The van der Waals surface area contributed by atoms with Gasteiger partial charge in [0.2, 0.25) is 0 Å². The fraction of sp³-hybridized carbons (Fsp3) is 0.438. The van der Waals surface area contributed by atoms with Crippen LogP contribution in [0, 0.1) is 0 Å². The average molecular weight is 318 g/mol. The minimum Gasteiger partial charge on any atom is -0.497 e. The van der Waals surface area contributed by atoms with Crippen molar-refractivity contribution in [1.82, 2.24) is 20.7 Å². The topological polar surface area (TPSA) is 89.1 Å². The number of rotatable bonds is 5. The van der Waals surface area contributed by atoms with Crippen LogP contribution in [0.5, 0.6) is 5.75 Å². The quantitative estimate of drug-likeness (QED) is 0.884. The Bertz CT molecular complexity index is 618. The molecule has 0 aliphatic heterocycles. The van der Waals surface area contributed by atoms with Gasteiger partial charge >= 0.3 is 6.09 Å². The van der Waals surface area contributed by atoms with Gasteiger partial charge in [0, 0.05) is 0 Å². The highest BCUT2D eigenvalue weighted by molar-refractivity contribution is 5.68. The number of alkyl carbamates (subject to hydrolysis) is 1. The van der Waals surface area contributed by atoms with Gasteiger partial charge in [-0.1, -0.05) is 12.1 Å². The Balaban J connectivity index is 2.10. The Hall–Kier alpha value is -2.57. The molecule has 1 aromatic heterocycles. The van der Waals surface area contributed by atoms with Crippen LogP contribution in [-0.4, -0.2) is 34.2 Å². The van der Waals surface area contributed by atoms with E-state index in [0.29, 0.717) is 12.1 Å². The average Bonchev–Trinajstić information content (AvgIpc) is 2.99. The van der Waals surface area contributed by atoms with Crippen LogP contribution in [0.15, 0.2) is 30.5 Å². The second-order valence-corrected chi connectivity index (χ2v) is 6.15. The van der Waals surface area contributed by atoms with Crippen molar-refractivity contribution in [3.63, 3.8) is 0 Å². The summed E-state index contributed by atoms with van der Waals surface area (Å²) < 4.78 is 10.5. The maximum Gasteiger partial charge on any atom is 0.408 e. The SMILES string of the molecule is COc1ccc(CC(NC(=O)OC(C)(C)C)c2cn[nH]n2)cc1. The first-order chi connectivity index (χ1) is 10.9. The second-order valence-electron chi connectivity index (χ2n) is 6.15. The number of nitrogens with one attached hydrogen (secondary N) is 2. The molecular formula is C16H22N4O3. The van der Waals surface area contributed by atoms with Gasteiger partial charge in [-0.3, -0.25) is 0 Å². The molecule has 124 valence electrons. The molecule has 1 heterocycles. The zero-order valence-electron chi connectivity index (χ0n) is 13.8. The predicted octanol–water partition coefficient (Wildman–Crippen LogP) is 2.62. The van der Waals surface area contributed by atoms with E-state index in [1.807, 2.05) is 45.0 Å². The van der Waals surface area contributed by atoms with Crippen molar-refractivity contribution < 1.29 is 14.3 Å². The summed E-state index contributed by atoms with van der Waals surface area (Å²) in [4.78, 5) is 12.0. The lowest BCUT2D eigenvalue weighted by molar-refractivity contribution is 0.0502. The van der Waals surface area contributed by atoms with Gasteiger partial charge in [0.1, 0.15) is 17.0 Å². The molecule has 1 amide bonds. The third kappa shape index (κ3) is 5.28. The molecule has 0 radical (unpaired) electrons. The van der Waals surface area contributed by atoms with Crippen molar-refractivity contribution in [2.45, 2.75) is 38.8 Å². The van der Waals surface area contributed by atoms with Crippen molar-refractivity contribution in [3.8, 4) is 5.75 Å². The predicted molar refractivity (Wildman–Crippen MR) is 85.2 cm³/mol. The Morgan fingerprint density at radius 1 is 1.30 bits per heavy atom. The Labute approximate surface area is 135 Å². The van der Waals surface area contributed by atoms with Crippen LogP contribution in [0.3, 0.4) is 0 Å². The maximum absolute atomic E-state index is 12.0. The first-order valence-corrected chi connectivity index (χ1v) is 7.35. The number of carbonyl (C=O) groups is 1. The monoisotopic (exact) mass is 318 g/mol. The smallest absolute Gasteiger partial charge is 0.408 e. The van der Waals surface area contributed by atoms with E-state index in [9.17, 15) is 4.79 Å². The summed E-state index contributed by atoms with van der Waals surface area (Å²) in [5.74, 6) is 0.784. The van der Waals surface area contributed by atoms with Crippen molar-refractivity contribution >= 4 is 6.09 Å². The van der Waals surface area contributed by atoms with Gasteiger partial charge in [0.05, 0.1) is 19.3 Å². The molecule has 23 heavy (non-hydrogen) atoms. The number of aromatic nitrogens is 3. The number of ether oxygens (including phenoxy) is 2.